The standard InChI is InChI=1S/C19H19N3O3S/c1-13(2)22-26(24,25)16-10-8-15(9-11-16)19(23)21-17-7-3-5-14-6-4-12-20-18(14)17/h3-13,22H,1-2H3,(H,21,23). The number of carbonyl (C=O) groups excluding carboxylic acids is 1. The van der Waals surface area contributed by atoms with Crippen LogP contribution in [-0.2, 0) is 10.0 Å². The van der Waals surface area contributed by atoms with Crippen LogP contribution in [0.2, 0.25) is 0 Å². The van der Waals surface area contributed by atoms with E-state index in [2.05, 4.69) is 15.0 Å². The van der Waals surface area contributed by atoms with Crippen molar-refractivity contribution in [2.75, 3.05) is 5.32 Å². The van der Waals surface area contributed by atoms with Crippen LogP contribution in [0.25, 0.3) is 10.9 Å². The lowest BCUT2D eigenvalue weighted by Gasteiger charge is -2.11. The maximum absolute atomic E-state index is 12.5. The molecule has 0 saturated carbocycles. The van der Waals surface area contributed by atoms with Crippen molar-refractivity contribution in [3.8, 4) is 0 Å². The molecule has 0 aliphatic rings. The maximum atomic E-state index is 12.5. The number of hydrogen-bond donors (Lipinski definition) is 2. The first-order chi connectivity index (χ1) is 12.4. The monoisotopic (exact) mass is 369 g/mol. The van der Waals surface area contributed by atoms with E-state index in [1.807, 2.05) is 24.3 Å². The minimum atomic E-state index is -3.58. The second kappa shape index (κ2) is 7.23. The molecule has 2 aromatic carbocycles. The SMILES string of the molecule is CC(C)NS(=O)(=O)c1ccc(C(=O)Nc2cccc3cccnc23)cc1. The third kappa shape index (κ3) is 3.89. The average Bonchev–Trinajstić information content (AvgIpc) is 2.61. The molecule has 134 valence electrons. The van der Waals surface area contributed by atoms with E-state index in [1.165, 1.54) is 24.3 Å². The third-order valence-corrected chi connectivity index (χ3v) is 5.37. The van der Waals surface area contributed by atoms with Gasteiger partial charge in [-0.1, -0.05) is 18.2 Å². The van der Waals surface area contributed by atoms with Crippen molar-refractivity contribution in [1.82, 2.24) is 9.71 Å². The summed E-state index contributed by atoms with van der Waals surface area (Å²) in [6, 6.07) is 14.9. The van der Waals surface area contributed by atoms with Crippen molar-refractivity contribution < 1.29 is 13.2 Å². The smallest absolute Gasteiger partial charge is 0.255 e. The highest BCUT2D eigenvalue weighted by Crippen LogP contribution is 2.21. The molecule has 3 rings (SSSR count). The second-order valence-corrected chi connectivity index (χ2v) is 7.85. The number of pyridine rings is 1. The molecule has 0 bridgehead atoms. The van der Waals surface area contributed by atoms with Gasteiger partial charge in [0.1, 0.15) is 0 Å². The Morgan fingerprint density at radius 1 is 1.00 bits per heavy atom. The molecule has 0 unspecified atom stereocenters. The Labute approximate surface area is 152 Å². The van der Waals surface area contributed by atoms with Crippen LogP contribution < -0.4 is 10.0 Å². The number of rotatable bonds is 5. The Balaban J connectivity index is 1.82. The summed E-state index contributed by atoms with van der Waals surface area (Å²) in [5, 5.41) is 3.75. The van der Waals surface area contributed by atoms with E-state index in [9.17, 15) is 13.2 Å². The van der Waals surface area contributed by atoms with Gasteiger partial charge in [-0.3, -0.25) is 9.78 Å². The summed E-state index contributed by atoms with van der Waals surface area (Å²) >= 11 is 0. The van der Waals surface area contributed by atoms with Gasteiger partial charge in [0.15, 0.2) is 0 Å². The second-order valence-electron chi connectivity index (χ2n) is 6.14. The number of amides is 1. The van der Waals surface area contributed by atoms with Gasteiger partial charge >= 0.3 is 0 Å². The van der Waals surface area contributed by atoms with E-state index in [1.54, 1.807) is 26.1 Å². The summed E-state index contributed by atoms with van der Waals surface area (Å²) in [4.78, 5) is 16.9. The van der Waals surface area contributed by atoms with Crippen LogP contribution in [0, 0.1) is 0 Å². The van der Waals surface area contributed by atoms with Crippen molar-refractivity contribution in [2.24, 2.45) is 0 Å². The number of anilines is 1. The van der Waals surface area contributed by atoms with Gasteiger partial charge in [-0.05, 0) is 50.2 Å². The first-order valence-electron chi connectivity index (χ1n) is 8.14. The van der Waals surface area contributed by atoms with E-state index in [-0.39, 0.29) is 16.8 Å². The Hall–Kier alpha value is -2.77. The minimum absolute atomic E-state index is 0.120. The number of para-hydroxylation sites is 1. The number of carbonyl (C=O) groups is 1. The molecular weight excluding hydrogens is 350 g/mol. The largest absolute Gasteiger partial charge is 0.320 e. The molecule has 7 heteroatoms. The fraction of sp³-hybridized carbons (Fsp3) is 0.158. The summed E-state index contributed by atoms with van der Waals surface area (Å²) < 4.78 is 26.8. The minimum Gasteiger partial charge on any atom is -0.320 e. The fourth-order valence-electron chi connectivity index (χ4n) is 2.56. The molecule has 0 aliphatic carbocycles. The Morgan fingerprint density at radius 3 is 2.38 bits per heavy atom. The zero-order chi connectivity index (χ0) is 18.7. The number of benzene rings is 2. The van der Waals surface area contributed by atoms with E-state index in [0.29, 0.717) is 16.8 Å². The van der Waals surface area contributed by atoms with Gasteiger partial charge in [0, 0.05) is 23.2 Å². The Kier molecular flexibility index (Phi) is 5.01. The summed E-state index contributed by atoms with van der Waals surface area (Å²) in [5.74, 6) is -0.330. The number of fused-ring (bicyclic) bond motifs is 1. The van der Waals surface area contributed by atoms with Crippen molar-refractivity contribution in [2.45, 2.75) is 24.8 Å². The molecular formula is C19H19N3O3S. The lowest BCUT2D eigenvalue weighted by atomic mass is 10.1. The number of hydrogen-bond acceptors (Lipinski definition) is 4. The summed E-state index contributed by atoms with van der Waals surface area (Å²) in [5.41, 5.74) is 1.66. The van der Waals surface area contributed by atoms with E-state index < -0.39 is 10.0 Å². The van der Waals surface area contributed by atoms with E-state index >= 15 is 0 Å². The first kappa shape index (κ1) is 18.0. The lowest BCUT2D eigenvalue weighted by Crippen LogP contribution is -2.30. The highest BCUT2D eigenvalue weighted by molar-refractivity contribution is 7.89. The van der Waals surface area contributed by atoms with Crippen LogP contribution in [-0.4, -0.2) is 25.4 Å². The van der Waals surface area contributed by atoms with Crippen molar-refractivity contribution in [3.05, 3.63) is 66.4 Å². The highest BCUT2D eigenvalue weighted by Gasteiger charge is 2.16. The van der Waals surface area contributed by atoms with Crippen LogP contribution in [0.15, 0.2) is 65.7 Å². The third-order valence-electron chi connectivity index (χ3n) is 3.70. The highest BCUT2D eigenvalue weighted by atomic mass is 32.2. The van der Waals surface area contributed by atoms with Gasteiger partial charge in [0.25, 0.3) is 5.91 Å². The topological polar surface area (TPSA) is 88.2 Å². The van der Waals surface area contributed by atoms with Gasteiger partial charge in [0.05, 0.1) is 16.1 Å². The maximum Gasteiger partial charge on any atom is 0.255 e. The molecule has 26 heavy (non-hydrogen) atoms. The molecule has 0 fully saturated rings. The molecule has 0 saturated heterocycles. The van der Waals surface area contributed by atoms with Crippen molar-refractivity contribution >= 4 is 32.5 Å². The molecule has 0 radical (unpaired) electrons. The molecule has 1 aromatic heterocycles. The average molecular weight is 369 g/mol. The zero-order valence-corrected chi connectivity index (χ0v) is 15.2. The van der Waals surface area contributed by atoms with Crippen molar-refractivity contribution in [3.63, 3.8) is 0 Å². The van der Waals surface area contributed by atoms with Gasteiger partial charge in [-0.15, -0.1) is 0 Å². The molecule has 0 aliphatic heterocycles. The molecule has 1 amide bonds. The Bertz CT molecular complexity index is 1040. The normalized spacial score (nSPS) is 11.7. The number of aromatic nitrogens is 1. The summed E-state index contributed by atoms with van der Waals surface area (Å²) in [7, 11) is -3.58. The van der Waals surface area contributed by atoms with E-state index in [4.69, 9.17) is 0 Å². The van der Waals surface area contributed by atoms with Crippen LogP contribution >= 0.6 is 0 Å². The van der Waals surface area contributed by atoms with Crippen LogP contribution in [0.5, 0.6) is 0 Å². The van der Waals surface area contributed by atoms with Gasteiger partial charge in [-0.25, -0.2) is 13.1 Å². The molecule has 3 aromatic rings. The molecule has 2 N–H and O–H groups in total. The molecule has 1 heterocycles. The Morgan fingerprint density at radius 2 is 1.69 bits per heavy atom. The molecule has 0 atom stereocenters. The van der Waals surface area contributed by atoms with Gasteiger partial charge in [-0.2, -0.15) is 0 Å². The predicted octanol–water partition coefficient (Wildman–Crippen LogP) is 3.17. The van der Waals surface area contributed by atoms with Crippen LogP contribution in [0.4, 0.5) is 5.69 Å². The summed E-state index contributed by atoms with van der Waals surface area (Å²) in [6.45, 7) is 3.50. The van der Waals surface area contributed by atoms with Crippen molar-refractivity contribution in [1.29, 1.82) is 0 Å². The van der Waals surface area contributed by atoms with Crippen LogP contribution in [0.1, 0.15) is 24.2 Å². The van der Waals surface area contributed by atoms with Gasteiger partial charge < -0.3 is 5.32 Å². The zero-order valence-electron chi connectivity index (χ0n) is 14.4. The first-order valence-corrected chi connectivity index (χ1v) is 9.62. The fourth-order valence-corrected chi connectivity index (χ4v) is 3.81. The quantitative estimate of drug-likeness (QED) is 0.723. The predicted molar refractivity (Wildman–Crippen MR) is 102 cm³/mol. The number of sulfonamides is 1. The molecule has 6 nitrogen and oxygen atoms in total. The van der Waals surface area contributed by atoms with E-state index in [0.717, 1.165) is 5.39 Å². The number of nitrogens with one attached hydrogen (secondary N) is 2. The molecule has 0 spiro atoms. The number of nitrogens with zero attached hydrogens (tertiary/aromatic N) is 1. The van der Waals surface area contributed by atoms with Gasteiger partial charge in [0.2, 0.25) is 10.0 Å². The lowest BCUT2D eigenvalue weighted by molar-refractivity contribution is 0.102. The summed E-state index contributed by atoms with van der Waals surface area (Å²) in [6.07, 6.45) is 1.67. The van der Waals surface area contributed by atoms with Crippen LogP contribution in [0.3, 0.4) is 0 Å².